The number of carbonyl (C=O) groups excluding carboxylic acids is 2. The van der Waals surface area contributed by atoms with E-state index >= 15 is 0 Å². The van der Waals surface area contributed by atoms with E-state index in [-0.39, 0.29) is 91.7 Å². The maximum Gasteiger partial charge on any atom is 2.00 e. The minimum Gasteiger partial charge on any atom is -1.00 e. The van der Waals surface area contributed by atoms with Gasteiger partial charge in [0.15, 0.2) is 12.4 Å². The van der Waals surface area contributed by atoms with E-state index in [1.165, 1.54) is 0 Å². The van der Waals surface area contributed by atoms with E-state index < -0.39 is 0 Å². The summed E-state index contributed by atoms with van der Waals surface area (Å²) in [4.78, 5) is 32.4. The molecule has 13 heteroatoms. The fraction of sp³-hybridized carbons (Fsp3) is 0.188. The molecule has 4 aromatic heterocycles. The Balaban J connectivity index is 0.000000774. The first-order valence-electron chi connectivity index (χ1n) is 13.2. The Bertz CT molecular complexity index is 1730. The van der Waals surface area contributed by atoms with Gasteiger partial charge in [-0.3, -0.25) is 0 Å². The van der Waals surface area contributed by atoms with Gasteiger partial charge in [0.1, 0.15) is 11.0 Å². The van der Waals surface area contributed by atoms with Gasteiger partial charge in [-0.15, -0.1) is 0 Å². The van der Waals surface area contributed by atoms with Crippen LogP contribution in [0.4, 0.5) is 0 Å². The summed E-state index contributed by atoms with van der Waals surface area (Å²) in [6.07, 6.45) is 7.30. The zero-order valence-electron chi connectivity index (χ0n) is 24.3. The molecule has 241 valence electrons. The normalized spacial score (nSPS) is 9.64. The van der Waals surface area contributed by atoms with Crippen LogP contribution in [-0.2, 0) is 49.2 Å². The van der Waals surface area contributed by atoms with Crippen LogP contribution in [0.25, 0.3) is 43.6 Å². The van der Waals surface area contributed by atoms with E-state index in [2.05, 4.69) is 9.97 Å². The predicted octanol–water partition coefficient (Wildman–Crippen LogP) is -7.51. The Morgan fingerprint density at radius 1 is 0.578 bits per heavy atom. The Morgan fingerprint density at radius 2 is 0.933 bits per heavy atom. The molecule has 0 amide bonds. The first-order chi connectivity index (χ1) is 19.6. The van der Waals surface area contributed by atoms with Crippen molar-refractivity contribution < 1.29 is 94.9 Å². The number of hydrogen-bond donors (Lipinski definition) is 0. The third-order valence-electron chi connectivity index (χ3n) is 6.43. The number of carbonyl (C=O) groups is 2. The minimum atomic E-state index is -0.238. The number of fused-ring (bicyclic) bond motifs is 6. The van der Waals surface area contributed by atoms with Crippen molar-refractivity contribution in [1.82, 2.24) is 9.97 Å². The van der Waals surface area contributed by atoms with E-state index in [4.69, 9.17) is 9.47 Å². The molecule has 45 heavy (non-hydrogen) atoms. The number of aromatic nitrogens is 4. The molecule has 2 aromatic carbocycles. The van der Waals surface area contributed by atoms with Crippen LogP contribution in [0.2, 0.25) is 0 Å². The van der Waals surface area contributed by atoms with Crippen LogP contribution in [0.15, 0.2) is 97.6 Å². The van der Waals surface area contributed by atoms with Gasteiger partial charge >= 0.3 is 29.0 Å². The smallest absolute Gasteiger partial charge is 1.00 e. The van der Waals surface area contributed by atoms with E-state index in [9.17, 15) is 9.59 Å². The van der Waals surface area contributed by atoms with Crippen molar-refractivity contribution in [3.8, 4) is 0 Å². The molecule has 0 saturated carbocycles. The van der Waals surface area contributed by atoms with Gasteiger partial charge in [0.2, 0.25) is 24.1 Å². The molecule has 8 nitrogen and oxygen atoms in total. The molecule has 0 aliphatic carbocycles. The van der Waals surface area contributed by atoms with E-state index in [0.29, 0.717) is 13.2 Å². The fourth-order valence-electron chi connectivity index (χ4n) is 4.77. The molecule has 0 unspecified atom stereocenters. The molecule has 0 saturated heterocycles. The average Bonchev–Trinajstić information content (AvgIpc) is 2.97. The summed E-state index contributed by atoms with van der Waals surface area (Å²) < 4.78 is 13.8. The molecule has 0 N–H and O–H groups in total. The van der Waals surface area contributed by atoms with Gasteiger partial charge in [0.05, 0.1) is 13.2 Å². The number of esters is 2. The molecule has 0 atom stereocenters. The molecule has 1 radical (unpaired) electrons. The van der Waals surface area contributed by atoms with Gasteiger partial charge in [-0.1, -0.05) is 24.3 Å². The third-order valence-corrected chi connectivity index (χ3v) is 6.43. The van der Waals surface area contributed by atoms with Crippen molar-refractivity contribution in [3.05, 3.63) is 97.6 Å². The number of rotatable bonds is 6. The molecule has 6 aromatic rings. The molecule has 0 bridgehead atoms. The molecule has 0 aliphatic heterocycles. The third kappa shape index (κ3) is 9.84. The summed E-state index contributed by atoms with van der Waals surface area (Å²) in [6, 6.07) is 23.9. The maximum atomic E-state index is 11.7. The Morgan fingerprint density at radius 3 is 1.31 bits per heavy atom. The second kappa shape index (κ2) is 20.0. The van der Waals surface area contributed by atoms with Crippen molar-refractivity contribution in [3.63, 3.8) is 0 Å². The van der Waals surface area contributed by atoms with Crippen molar-refractivity contribution >= 4 is 55.6 Å². The summed E-state index contributed by atoms with van der Waals surface area (Å²) in [5.41, 5.74) is 3.71. The standard InChI is InChI=1S/2C16H15N2O2.4ClH.Cu/c2*1-2-20-14(19)11-18-10-4-6-13-8-7-12-5-3-9-17-15(12)16(13)18;;;;;/h2*3-10H,2,11H2,1H3;4*1H;/q2*+1;;;;;+2/p-4. The van der Waals surface area contributed by atoms with Gasteiger partial charge in [-0.25, -0.2) is 19.6 Å². The number of benzene rings is 2. The van der Waals surface area contributed by atoms with Crippen LogP contribution in [0.1, 0.15) is 13.8 Å². The van der Waals surface area contributed by atoms with E-state index in [1.807, 2.05) is 108 Å². The van der Waals surface area contributed by atoms with Gasteiger partial charge in [-0.2, -0.15) is 9.13 Å². The summed E-state index contributed by atoms with van der Waals surface area (Å²) in [5.74, 6) is -0.476. The van der Waals surface area contributed by atoms with Crippen LogP contribution < -0.4 is 58.8 Å². The number of halogens is 4. The van der Waals surface area contributed by atoms with Crippen molar-refractivity contribution in [2.24, 2.45) is 0 Å². The van der Waals surface area contributed by atoms with Crippen LogP contribution in [0.3, 0.4) is 0 Å². The quantitative estimate of drug-likeness (QED) is 0.0732. The van der Waals surface area contributed by atoms with Gasteiger partial charge in [0, 0.05) is 46.1 Å². The predicted molar refractivity (Wildman–Crippen MR) is 152 cm³/mol. The molecular formula is C32H30Cl4CuN4O4. The molecule has 0 aliphatic rings. The first-order valence-corrected chi connectivity index (χ1v) is 13.2. The second-order valence-corrected chi connectivity index (χ2v) is 9.04. The average molecular weight is 740 g/mol. The Kier molecular flexibility index (Phi) is 18.5. The SMILES string of the molecule is CCOC(=O)C[n+]1cccc2ccc3cccnc3c21.CCOC(=O)C[n+]1cccc2ccc3cccnc3c21.[Cl-].[Cl-].[Cl-].[Cl-].[Cu+2]. The van der Waals surface area contributed by atoms with E-state index in [1.54, 1.807) is 12.4 Å². The minimum absolute atomic E-state index is 0. The Labute approximate surface area is 296 Å². The van der Waals surface area contributed by atoms with Crippen LogP contribution in [0.5, 0.6) is 0 Å². The summed E-state index contributed by atoms with van der Waals surface area (Å²) in [5, 5.41) is 4.23. The zero-order valence-corrected chi connectivity index (χ0v) is 28.3. The number of hydrogen-bond acceptors (Lipinski definition) is 6. The number of nitrogens with zero attached hydrogens (tertiary/aromatic N) is 4. The summed E-state index contributed by atoms with van der Waals surface area (Å²) in [7, 11) is 0. The topological polar surface area (TPSA) is 86.1 Å². The van der Waals surface area contributed by atoms with Crippen LogP contribution >= 0.6 is 0 Å². The van der Waals surface area contributed by atoms with Gasteiger partial charge in [-0.05, 0) is 50.2 Å². The second-order valence-electron chi connectivity index (χ2n) is 9.04. The summed E-state index contributed by atoms with van der Waals surface area (Å²) >= 11 is 0. The first kappa shape index (κ1) is 41.7. The fourth-order valence-corrected chi connectivity index (χ4v) is 4.77. The van der Waals surface area contributed by atoms with E-state index in [0.717, 1.165) is 43.6 Å². The molecule has 6 rings (SSSR count). The molecular weight excluding hydrogens is 710 g/mol. The van der Waals surface area contributed by atoms with Gasteiger partial charge in [0.25, 0.3) is 0 Å². The van der Waals surface area contributed by atoms with Crippen molar-refractivity contribution in [2.45, 2.75) is 26.9 Å². The van der Waals surface area contributed by atoms with Gasteiger partial charge < -0.3 is 59.1 Å². The van der Waals surface area contributed by atoms with Crippen LogP contribution in [-0.4, -0.2) is 35.1 Å². The maximum absolute atomic E-state index is 11.7. The molecule has 4 heterocycles. The van der Waals surface area contributed by atoms with Crippen LogP contribution in [0, 0.1) is 0 Å². The summed E-state index contributed by atoms with van der Waals surface area (Å²) in [6.45, 7) is 4.79. The Hall–Kier alpha value is -3.30. The van der Waals surface area contributed by atoms with Crippen molar-refractivity contribution in [2.75, 3.05) is 13.2 Å². The number of pyridine rings is 4. The van der Waals surface area contributed by atoms with Crippen molar-refractivity contribution in [1.29, 1.82) is 0 Å². The largest absolute Gasteiger partial charge is 2.00 e. The molecule has 0 spiro atoms. The molecule has 0 fully saturated rings. The number of ether oxygens (including phenoxy) is 2. The zero-order chi connectivity index (χ0) is 27.9. The monoisotopic (exact) mass is 737 g/mol.